The van der Waals surface area contributed by atoms with Crippen LogP contribution in [0, 0.1) is 13.8 Å². The number of carbonyl (C=O) groups is 4. The van der Waals surface area contributed by atoms with Gasteiger partial charge < -0.3 is 25.6 Å². The smallest absolute Gasteiger partial charge is 0.338 e. The highest BCUT2D eigenvalue weighted by Crippen LogP contribution is 2.19. The summed E-state index contributed by atoms with van der Waals surface area (Å²) in [5.41, 5.74) is 3.66. The number of esters is 1. The first-order valence-corrected chi connectivity index (χ1v) is 11.0. The number of nitrogens with zero attached hydrogens (tertiary/aromatic N) is 1. The van der Waals surface area contributed by atoms with E-state index in [1.54, 1.807) is 24.3 Å². The fourth-order valence-electron chi connectivity index (χ4n) is 3.07. The van der Waals surface area contributed by atoms with Crippen molar-refractivity contribution in [1.82, 2.24) is 15.5 Å². The van der Waals surface area contributed by atoms with E-state index < -0.39 is 18.5 Å². The van der Waals surface area contributed by atoms with Crippen LogP contribution in [0.15, 0.2) is 42.5 Å². The Hall–Kier alpha value is -3.88. The molecule has 0 aliphatic heterocycles. The fourth-order valence-corrected chi connectivity index (χ4v) is 3.07. The standard InChI is InChI=1S/C25H32N4O5/c1-16(2)27-25(33)26-13-19-9-11-20(12-10-19)24(32)34-15-22(31)29(5)14-21(30)28-23-17(3)7-6-8-18(23)4/h6-12,16H,13-15H2,1-5H3,(H,28,30)(H2,26,27,33). The van der Waals surface area contributed by atoms with Crippen molar-refractivity contribution in [2.45, 2.75) is 40.3 Å². The lowest BCUT2D eigenvalue weighted by Crippen LogP contribution is -2.39. The van der Waals surface area contributed by atoms with Crippen molar-refractivity contribution in [1.29, 1.82) is 0 Å². The number of aryl methyl sites for hydroxylation is 2. The largest absolute Gasteiger partial charge is 0.452 e. The average Bonchev–Trinajstić information content (AvgIpc) is 2.78. The Morgan fingerprint density at radius 1 is 0.971 bits per heavy atom. The van der Waals surface area contributed by atoms with E-state index in [0.29, 0.717) is 6.54 Å². The molecule has 3 N–H and O–H groups in total. The Labute approximate surface area is 199 Å². The van der Waals surface area contributed by atoms with Crippen LogP contribution in [0.1, 0.15) is 40.9 Å². The van der Waals surface area contributed by atoms with Crippen molar-refractivity contribution >= 4 is 29.5 Å². The minimum Gasteiger partial charge on any atom is -0.452 e. The molecule has 2 aromatic rings. The summed E-state index contributed by atoms with van der Waals surface area (Å²) in [4.78, 5) is 49.7. The Morgan fingerprint density at radius 3 is 2.18 bits per heavy atom. The van der Waals surface area contributed by atoms with Crippen LogP contribution in [0.3, 0.4) is 0 Å². The summed E-state index contributed by atoms with van der Waals surface area (Å²) < 4.78 is 5.09. The number of nitrogens with one attached hydrogen (secondary N) is 3. The molecule has 0 atom stereocenters. The number of hydrogen-bond donors (Lipinski definition) is 3. The van der Waals surface area contributed by atoms with Crippen molar-refractivity contribution in [3.63, 3.8) is 0 Å². The maximum absolute atomic E-state index is 12.3. The van der Waals surface area contributed by atoms with Crippen LogP contribution in [-0.4, -0.2) is 55.0 Å². The van der Waals surface area contributed by atoms with E-state index >= 15 is 0 Å². The molecule has 0 aliphatic rings. The molecule has 0 spiro atoms. The van der Waals surface area contributed by atoms with E-state index in [2.05, 4.69) is 16.0 Å². The molecule has 34 heavy (non-hydrogen) atoms. The van der Waals surface area contributed by atoms with Gasteiger partial charge in [0.25, 0.3) is 5.91 Å². The zero-order chi connectivity index (χ0) is 25.3. The second kappa shape index (κ2) is 12.4. The topological polar surface area (TPSA) is 117 Å². The molecule has 0 unspecified atom stereocenters. The van der Waals surface area contributed by atoms with Crippen LogP contribution in [0.5, 0.6) is 0 Å². The van der Waals surface area contributed by atoms with Gasteiger partial charge in [-0.2, -0.15) is 0 Å². The number of ether oxygens (including phenoxy) is 1. The molecule has 0 fully saturated rings. The van der Waals surface area contributed by atoms with Gasteiger partial charge in [0.15, 0.2) is 6.61 Å². The van der Waals surface area contributed by atoms with Gasteiger partial charge in [0.05, 0.1) is 12.1 Å². The van der Waals surface area contributed by atoms with Crippen molar-refractivity contribution < 1.29 is 23.9 Å². The number of urea groups is 1. The van der Waals surface area contributed by atoms with Gasteiger partial charge in [-0.25, -0.2) is 9.59 Å². The normalized spacial score (nSPS) is 10.4. The van der Waals surface area contributed by atoms with Crippen LogP contribution in [0.4, 0.5) is 10.5 Å². The number of para-hydroxylation sites is 1. The van der Waals surface area contributed by atoms with Crippen molar-refractivity contribution in [2.75, 3.05) is 25.5 Å². The lowest BCUT2D eigenvalue weighted by molar-refractivity contribution is -0.136. The Morgan fingerprint density at radius 2 is 1.59 bits per heavy atom. The lowest BCUT2D eigenvalue weighted by atomic mass is 10.1. The molecule has 0 saturated carbocycles. The number of carbonyl (C=O) groups excluding carboxylic acids is 4. The molecule has 182 valence electrons. The number of amides is 4. The number of hydrogen-bond acceptors (Lipinski definition) is 5. The second-order valence-corrected chi connectivity index (χ2v) is 8.32. The molecular formula is C25H32N4O5. The van der Waals surface area contributed by atoms with E-state index in [9.17, 15) is 19.2 Å². The molecule has 2 rings (SSSR count). The molecule has 9 nitrogen and oxygen atoms in total. The highest BCUT2D eigenvalue weighted by molar-refractivity contribution is 5.96. The van der Waals surface area contributed by atoms with Gasteiger partial charge >= 0.3 is 12.0 Å². The summed E-state index contributed by atoms with van der Waals surface area (Å²) in [7, 11) is 1.47. The number of rotatable bonds is 9. The molecule has 0 bridgehead atoms. The Kier molecular flexibility index (Phi) is 9.61. The Bertz CT molecular complexity index is 1010. The summed E-state index contributed by atoms with van der Waals surface area (Å²) in [6.07, 6.45) is 0. The highest BCUT2D eigenvalue weighted by Gasteiger charge is 2.17. The Balaban J connectivity index is 1.79. The van der Waals surface area contributed by atoms with Crippen molar-refractivity contribution in [3.8, 4) is 0 Å². The zero-order valence-electron chi connectivity index (χ0n) is 20.2. The number of benzene rings is 2. The summed E-state index contributed by atoms with van der Waals surface area (Å²) in [6.45, 7) is 7.17. The SMILES string of the molecule is Cc1cccc(C)c1NC(=O)CN(C)C(=O)COC(=O)c1ccc(CNC(=O)NC(C)C)cc1. The van der Waals surface area contributed by atoms with Gasteiger partial charge in [0, 0.05) is 25.3 Å². The van der Waals surface area contributed by atoms with Gasteiger partial charge in [-0.3, -0.25) is 9.59 Å². The number of anilines is 1. The summed E-state index contributed by atoms with van der Waals surface area (Å²) in [5.74, 6) is -1.49. The quantitative estimate of drug-likeness (QED) is 0.489. The minimum atomic E-state index is -0.654. The third kappa shape index (κ3) is 8.23. The summed E-state index contributed by atoms with van der Waals surface area (Å²) in [6, 6.07) is 12.0. The molecule has 9 heteroatoms. The molecular weight excluding hydrogens is 436 g/mol. The average molecular weight is 469 g/mol. The first-order chi connectivity index (χ1) is 16.1. The predicted octanol–water partition coefficient (Wildman–Crippen LogP) is 2.76. The van der Waals surface area contributed by atoms with E-state index in [0.717, 1.165) is 22.4 Å². The van der Waals surface area contributed by atoms with Crippen LogP contribution in [-0.2, 0) is 20.9 Å². The monoisotopic (exact) mass is 468 g/mol. The van der Waals surface area contributed by atoms with E-state index in [1.807, 2.05) is 45.9 Å². The number of likely N-dealkylation sites (N-methyl/N-ethyl adjacent to an activating group) is 1. The summed E-state index contributed by atoms with van der Waals surface area (Å²) >= 11 is 0. The maximum atomic E-state index is 12.3. The van der Waals surface area contributed by atoms with Crippen molar-refractivity contribution in [3.05, 3.63) is 64.7 Å². The lowest BCUT2D eigenvalue weighted by Gasteiger charge is -2.18. The van der Waals surface area contributed by atoms with Crippen LogP contribution >= 0.6 is 0 Å². The molecule has 0 heterocycles. The van der Waals surface area contributed by atoms with Gasteiger partial charge in [-0.1, -0.05) is 30.3 Å². The molecule has 0 saturated heterocycles. The first-order valence-electron chi connectivity index (χ1n) is 11.0. The van der Waals surface area contributed by atoms with Gasteiger partial charge in [-0.15, -0.1) is 0 Å². The van der Waals surface area contributed by atoms with E-state index in [-0.39, 0.29) is 30.1 Å². The maximum Gasteiger partial charge on any atom is 0.338 e. The second-order valence-electron chi connectivity index (χ2n) is 8.32. The fraction of sp³-hybridized carbons (Fsp3) is 0.360. The van der Waals surface area contributed by atoms with Crippen molar-refractivity contribution in [2.24, 2.45) is 0 Å². The zero-order valence-corrected chi connectivity index (χ0v) is 20.2. The summed E-state index contributed by atoms with van der Waals surface area (Å²) in [5, 5.41) is 8.26. The van der Waals surface area contributed by atoms with Gasteiger partial charge in [0.1, 0.15) is 0 Å². The molecule has 2 aromatic carbocycles. The first kappa shape index (κ1) is 26.4. The molecule has 0 aromatic heterocycles. The predicted molar refractivity (Wildman–Crippen MR) is 129 cm³/mol. The van der Waals surface area contributed by atoms with Gasteiger partial charge in [-0.05, 0) is 56.5 Å². The third-order valence-electron chi connectivity index (χ3n) is 4.94. The highest BCUT2D eigenvalue weighted by atomic mass is 16.5. The van der Waals surface area contributed by atoms with Crippen LogP contribution in [0.2, 0.25) is 0 Å². The van der Waals surface area contributed by atoms with Gasteiger partial charge in [0.2, 0.25) is 5.91 Å². The van der Waals surface area contributed by atoms with E-state index in [1.165, 1.54) is 11.9 Å². The third-order valence-corrected chi connectivity index (χ3v) is 4.94. The molecule has 4 amide bonds. The van der Waals surface area contributed by atoms with Crippen LogP contribution in [0.25, 0.3) is 0 Å². The molecule has 0 radical (unpaired) electrons. The van der Waals surface area contributed by atoms with E-state index in [4.69, 9.17) is 4.74 Å². The van der Waals surface area contributed by atoms with Crippen LogP contribution < -0.4 is 16.0 Å². The molecule has 0 aliphatic carbocycles. The minimum absolute atomic E-state index is 0.0329.